The monoisotopic (exact) mass is 379 g/mol. The van der Waals surface area contributed by atoms with Crippen molar-refractivity contribution in [2.45, 2.75) is 43.5 Å². The molecule has 10 heteroatoms. The highest BCUT2D eigenvalue weighted by atomic mass is 32.2. The second kappa shape index (κ2) is 7.42. The van der Waals surface area contributed by atoms with E-state index in [0.29, 0.717) is 11.6 Å². The van der Waals surface area contributed by atoms with Gasteiger partial charge in [0.05, 0.1) is 21.7 Å². The van der Waals surface area contributed by atoms with Crippen LogP contribution in [0.1, 0.15) is 32.6 Å². The van der Waals surface area contributed by atoms with Crippen molar-refractivity contribution in [3.63, 3.8) is 0 Å². The van der Waals surface area contributed by atoms with Crippen LogP contribution in [0, 0.1) is 16.0 Å². The van der Waals surface area contributed by atoms with E-state index in [1.807, 2.05) is 0 Å². The normalized spacial score (nSPS) is 20.7. The SMILES string of the molecule is CC1CCC(NS(=O)(=O)c2ccc(Nc3cn[nH]c3)c([N+](=O)[O-])c2)CC1. The summed E-state index contributed by atoms with van der Waals surface area (Å²) in [6.07, 6.45) is 6.52. The van der Waals surface area contributed by atoms with E-state index in [-0.39, 0.29) is 22.3 Å². The predicted molar refractivity (Wildman–Crippen MR) is 96.7 cm³/mol. The first kappa shape index (κ1) is 18.3. The Morgan fingerprint density at radius 3 is 2.62 bits per heavy atom. The van der Waals surface area contributed by atoms with Gasteiger partial charge in [0.1, 0.15) is 5.69 Å². The molecule has 0 radical (unpaired) electrons. The minimum Gasteiger partial charge on any atom is -0.347 e. The van der Waals surface area contributed by atoms with Gasteiger partial charge in [0.2, 0.25) is 10.0 Å². The number of benzene rings is 1. The van der Waals surface area contributed by atoms with Crippen LogP contribution in [-0.2, 0) is 10.0 Å². The number of aromatic amines is 1. The summed E-state index contributed by atoms with van der Waals surface area (Å²) in [6, 6.07) is 3.71. The third-order valence-electron chi connectivity index (χ3n) is 4.59. The highest BCUT2D eigenvalue weighted by Gasteiger charge is 2.26. The lowest BCUT2D eigenvalue weighted by molar-refractivity contribution is -0.384. The molecule has 1 aliphatic carbocycles. The number of nitrogens with one attached hydrogen (secondary N) is 3. The Hall–Kier alpha value is -2.46. The van der Waals surface area contributed by atoms with Crippen molar-refractivity contribution in [1.29, 1.82) is 0 Å². The molecule has 3 N–H and O–H groups in total. The van der Waals surface area contributed by atoms with Gasteiger partial charge in [0.15, 0.2) is 0 Å². The molecule has 0 saturated heterocycles. The molecule has 0 unspecified atom stereocenters. The largest absolute Gasteiger partial charge is 0.347 e. The average molecular weight is 379 g/mol. The summed E-state index contributed by atoms with van der Waals surface area (Å²) < 4.78 is 27.9. The lowest BCUT2D eigenvalue weighted by Crippen LogP contribution is -2.37. The van der Waals surface area contributed by atoms with E-state index < -0.39 is 14.9 Å². The molecule has 26 heavy (non-hydrogen) atoms. The van der Waals surface area contributed by atoms with Gasteiger partial charge in [-0.3, -0.25) is 15.2 Å². The van der Waals surface area contributed by atoms with Crippen LogP contribution < -0.4 is 10.0 Å². The maximum Gasteiger partial charge on any atom is 0.294 e. The van der Waals surface area contributed by atoms with E-state index in [0.717, 1.165) is 31.7 Å². The number of H-pyrrole nitrogens is 1. The molecule has 0 amide bonds. The van der Waals surface area contributed by atoms with Gasteiger partial charge in [-0.15, -0.1) is 0 Å². The van der Waals surface area contributed by atoms with Crippen molar-refractivity contribution in [3.05, 3.63) is 40.7 Å². The molecule has 1 saturated carbocycles. The molecule has 0 aliphatic heterocycles. The number of nitrogens with zero attached hydrogens (tertiary/aromatic N) is 2. The van der Waals surface area contributed by atoms with Gasteiger partial charge >= 0.3 is 0 Å². The molecule has 0 atom stereocenters. The Balaban J connectivity index is 1.83. The van der Waals surface area contributed by atoms with E-state index in [1.165, 1.54) is 18.3 Å². The number of nitro benzene ring substituents is 1. The molecule has 1 aromatic carbocycles. The van der Waals surface area contributed by atoms with Crippen LogP contribution in [0.25, 0.3) is 0 Å². The molecule has 1 heterocycles. The van der Waals surface area contributed by atoms with Gasteiger partial charge in [-0.1, -0.05) is 6.92 Å². The molecule has 1 aromatic heterocycles. The van der Waals surface area contributed by atoms with E-state index >= 15 is 0 Å². The van der Waals surface area contributed by atoms with Crippen LogP contribution in [0.2, 0.25) is 0 Å². The summed E-state index contributed by atoms with van der Waals surface area (Å²) in [5, 5.41) is 20.6. The highest BCUT2D eigenvalue weighted by Crippen LogP contribution is 2.31. The molecule has 2 aromatic rings. The van der Waals surface area contributed by atoms with E-state index in [4.69, 9.17) is 0 Å². The van der Waals surface area contributed by atoms with Crippen LogP contribution in [0.15, 0.2) is 35.5 Å². The van der Waals surface area contributed by atoms with Crippen molar-refractivity contribution in [2.75, 3.05) is 5.32 Å². The summed E-state index contributed by atoms with van der Waals surface area (Å²) in [7, 11) is -3.81. The number of hydrogen-bond donors (Lipinski definition) is 3. The van der Waals surface area contributed by atoms with Crippen LogP contribution in [-0.4, -0.2) is 29.6 Å². The maximum atomic E-state index is 12.6. The first-order valence-corrected chi connectivity index (χ1v) is 9.90. The summed E-state index contributed by atoms with van der Waals surface area (Å²) in [5.74, 6) is 0.602. The number of sulfonamides is 1. The summed E-state index contributed by atoms with van der Waals surface area (Å²) in [5.41, 5.74) is 0.423. The second-order valence-electron chi connectivity index (χ2n) is 6.63. The van der Waals surface area contributed by atoms with Crippen molar-refractivity contribution < 1.29 is 13.3 Å². The lowest BCUT2D eigenvalue weighted by atomic mass is 9.88. The maximum absolute atomic E-state index is 12.6. The molecule has 1 aliphatic rings. The molecule has 9 nitrogen and oxygen atoms in total. The average Bonchev–Trinajstić information content (AvgIpc) is 3.10. The third-order valence-corrected chi connectivity index (χ3v) is 6.11. The smallest absolute Gasteiger partial charge is 0.294 e. The van der Waals surface area contributed by atoms with Gasteiger partial charge in [-0.2, -0.15) is 5.10 Å². The lowest BCUT2D eigenvalue weighted by Gasteiger charge is -2.26. The van der Waals surface area contributed by atoms with Crippen LogP contribution in [0.4, 0.5) is 17.1 Å². The number of aromatic nitrogens is 2. The number of anilines is 2. The van der Waals surface area contributed by atoms with Gasteiger partial charge in [0.25, 0.3) is 5.69 Å². The highest BCUT2D eigenvalue weighted by molar-refractivity contribution is 7.89. The van der Waals surface area contributed by atoms with E-state index in [9.17, 15) is 18.5 Å². The Kier molecular flexibility index (Phi) is 5.23. The zero-order valence-corrected chi connectivity index (χ0v) is 15.1. The summed E-state index contributed by atoms with van der Waals surface area (Å²) in [6.45, 7) is 2.15. The zero-order chi connectivity index (χ0) is 18.7. The number of hydrogen-bond acceptors (Lipinski definition) is 6. The quantitative estimate of drug-likeness (QED) is 0.522. The molecular weight excluding hydrogens is 358 g/mol. The van der Waals surface area contributed by atoms with Crippen molar-refractivity contribution in [3.8, 4) is 0 Å². The third kappa shape index (κ3) is 4.20. The van der Waals surface area contributed by atoms with Crippen LogP contribution in [0.3, 0.4) is 0 Å². The fraction of sp³-hybridized carbons (Fsp3) is 0.438. The second-order valence-corrected chi connectivity index (χ2v) is 8.34. The predicted octanol–water partition coefficient (Wildman–Crippen LogP) is 2.92. The van der Waals surface area contributed by atoms with E-state index in [1.54, 1.807) is 6.20 Å². The summed E-state index contributed by atoms with van der Waals surface area (Å²) in [4.78, 5) is 10.7. The Morgan fingerprint density at radius 2 is 2.00 bits per heavy atom. The fourth-order valence-corrected chi connectivity index (χ4v) is 4.40. The van der Waals surface area contributed by atoms with Crippen molar-refractivity contribution in [2.24, 2.45) is 5.92 Å². The fourth-order valence-electron chi connectivity index (χ4n) is 3.08. The molecular formula is C16H21N5O4S. The molecule has 3 rings (SSSR count). The Morgan fingerprint density at radius 1 is 1.27 bits per heavy atom. The zero-order valence-electron chi connectivity index (χ0n) is 14.3. The molecule has 140 valence electrons. The van der Waals surface area contributed by atoms with Gasteiger partial charge < -0.3 is 5.32 Å². The van der Waals surface area contributed by atoms with Gasteiger partial charge in [0, 0.05) is 18.3 Å². The first-order chi connectivity index (χ1) is 12.3. The summed E-state index contributed by atoms with van der Waals surface area (Å²) >= 11 is 0. The number of nitro groups is 1. The Bertz CT molecular complexity index is 874. The van der Waals surface area contributed by atoms with Crippen molar-refractivity contribution in [1.82, 2.24) is 14.9 Å². The van der Waals surface area contributed by atoms with Gasteiger partial charge in [-0.05, 0) is 43.7 Å². The first-order valence-electron chi connectivity index (χ1n) is 8.42. The minimum atomic E-state index is -3.81. The topological polar surface area (TPSA) is 130 Å². The standard InChI is InChI=1S/C16H21N5O4S/c1-11-2-4-12(5-3-11)20-26(24,25)14-6-7-15(16(8-14)21(22)23)19-13-9-17-18-10-13/h6-12,19-20H,2-5H2,1H3,(H,17,18). The van der Waals surface area contributed by atoms with E-state index in [2.05, 4.69) is 27.2 Å². The Labute approximate surface area is 151 Å². The van der Waals surface area contributed by atoms with Crippen LogP contribution >= 0.6 is 0 Å². The van der Waals surface area contributed by atoms with Gasteiger partial charge in [-0.25, -0.2) is 13.1 Å². The number of rotatable bonds is 6. The van der Waals surface area contributed by atoms with Crippen LogP contribution in [0.5, 0.6) is 0 Å². The molecule has 1 fully saturated rings. The molecule has 0 bridgehead atoms. The molecule has 0 spiro atoms. The van der Waals surface area contributed by atoms with Crippen molar-refractivity contribution >= 4 is 27.1 Å². The minimum absolute atomic E-state index is 0.111.